The summed E-state index contributed by atoms with van der Waals surface area (Å²) >= 11 is 0. The number of fused-ring (bicyclic) bond motifs is 2. The minimum atomic E-state index is -1.06. The minimum absolute atomic E-state index is 0.251. The monoisotopic (exact) mass is 362 g/mol. The average molecular weight is 362 g/mol. The summed E-state index contributed by atoms with van der Waals surface area (Å²) in [4.78, 5) is 29.9. The molecule has 4 aromatic rings. The van der Waals surface area contributed by atoms with Crippen molar-refractivity contribution < 1.29 is 24.2 Å². The summed E-state index contributed by atoms with van der Waals surface area (Å²) in [6, 6.07) is 14.5. The van der Waals surface area contributed by atoms with Gasteiger partial charge >= 0.3 is 11.9 Å². The van der Waals surface area contributed by atoms with E-state index in [1.165, 1.54) is 12.4 Å². The Kier molecular flexibility index (Phi) is 4.10. The number of aromatic amines is 2. The number of carbonyl (C=O) groups is 2. The van der Waals surface area contributed by atoms with Crippen molar-refractivity contribution in [3.63, 3.8) is 0 Å². The fraction of sp³-hybridized carbons (Fsp3) is 0. The van der Waals surface area contributed by atoms with Gasteiger partial charge in [0.2, 0.25) is 5.76 Å². The zero-order valence-corrected chi connectivity index (χ0v) is 13.9. The molecular weight excluding hydrogens is 348 g/mol. The van der Waals surface area contributed by atoms with Gasteiger partial charge in [-0.15, -0.1) is 0 Å². The Hall–Kier alpha value is -4.00. The van der Waals surface area contributed by atoms with Crippen molar-refractivity contribution in [2.24, 2.45) is 0 Å². The first kappa shape index (κ1) is 16.5. The van der Waals surface area contributed by atoms with E-state index in [0.717, 1.165) is 11.0 Å². The molecule has 0 radical (unpaired) electrons. The van der Waals surface area contributed by atoms with E-state index in [1.54, 1.807) is 24.3 Å². The van der Waals surface area contributed by atoms with Crippen molar-refractivity contribution in [2.75, 3.05) is 0 Å². The fourth-order valence-corrected chi connectivity index (χ4v) is 2.72. The predicted molar refractivity (Wildman–Crippen MR) is 98.6 cm³/mol. The van der Waals surface area contributed by atoms with Crippen molar-refractivity contribution in [3.05, 3.63) is 72.8 Å². The standard InChI is InChI=1S/C20H14N2O5/c23-16(20(25)27-18-11-22-15-8-4-2-6-13(15)18)9-19(24)26-17-10-21-14-7-3-1-5-12(14)17/h1-11,21-23H/b16-9-. The highest BCUT2D eigenvalue weighted by Crippen LogP contribution is 2.26. The summed E-state index contributed by atoms with van der Waals surface area (Å²) in [6.07, 6.45) is 3.71. The van der Waals surface area contributed by atoms with Crippen LogP contribution in [0, 0.1) is 0 Å². The lowest BCUT2D eigenvalue weighted by Crippen LogP contribution is -2.14. The average Bonchev–Trinajstić information content (AvgIpc) is 3.26. The smallest absolute Gasteiger partial charge is 0.379 e. The molecule has 0 aliphatic heterocycles. The molecule has 27 heavy (non-hydrogen) atoms. The molecular formula is C20H14N2O5. The molecule has 7 heteroatoms. The second-order valence-corrected chi connectivity index (χ2v) is 5.74. The number of esters is 2. The zero-order chi connectivity index (χ0) is 18.8. The molecule has 0 aliphatic carbocycles. The number of hydrogen-bond acceptors (Lipinski definition) is 5. The number of rotatable bonds is 4. The second-order valence-electron chi connectivity index (χ2n) is 5.74. The van der Waals surface area contributed by atoms with Crippen molar-refractivity contribution in [1.82, 2.24) is 9.97 Å². The molecule has 134 valence electrons. The molecule has 2 aromatic heterocycles. The van der Waals surface area contributed by atoms with Crippen molar-refractivity contribution >= 4 is 33.7 Å². The summed E-state index contributed by atoms with van der Waals surface area (Å²) < 4.78 is 10.3. The summed E-state index contributed by atoms with van der Waals surface area (Å²) in [6.45, 7) is 0. The van der Waals surface area contributed by atoms with Crippen LogP contribution in [-0.2, 0) is 9.59 Å². The van der Waals surface area contributed by atoms with Crippen LogP contribution in [0.15, 0.2) is 72.8 Å². The Labute approximate surface area is 152 Å². The van der Waals surface area contributed by atoms with Crippen molar-refractivity contribution in [3.8, 4) is 11.5 Å². The van der Waals surface area contributed by atoms with Crippen molar-refractivity contribution in [2.45, 2.75) is 0 Å². The van der Waals surface area contributed by atoms with Gasteiger partial charge in [-0.1, -0.05) is 24.3 Å². The van der Waals surface area contributed by atoms with Crippen LogP contribution >= 0.6 is 0 Å². The Bertz CT molecular complexity index is 1190. The lowest BCUT2D eigenvalue weighted by atomic mass is 10.2. The number of nitrogens with one attached hydrogen (secondary N) is 2. The van der Waals surface area contributed by atoms with Gasteiger partial charge in [-0.2, -0.15) is 0 Å². The highest BCUT2D eigenvalue weighted by Gasteiger charge is 2.17. The Balaban J connectivity index is 1.48. The molecule has 0 saturated carbocycles. The normalized spacial score (nSPS) is 11.6. The first-order valence-corrected chi connectivity index (χ1v) is 8.09. The maximum Gasteiger partial charge on any atom is 0.379 e. The van der Waals surface area contributed by atoms with E-state index >= 15 is 0 Å². The van der Waals surface area contributed by atoms with Gasteiger partial charge in [-0.25, -0.2) is 9.59 Å². The summed E-state index contributed by atoms with van der Waals surface area (Å²) in [5.41, 5.74) is 1.58. The molecule has 0 saturated heterocycles. The first-order chi connectivity index (χ1) is 13.1. The number of benzene rings is 2. The van der Waals surface area contributed by atoms with Gasteiger partial charge in [-0.3, -0.25) is 0 Å². The third-order valence-electron chi connectivity index (χ3n) is 3.98. The molecule has 4 rings (SSSR count). The van der Waals surface area contributed by atoms with Crippen LogP contribution in [0.25, 0.3) is 21.8 Å². The third kappa shape index (κ3) is 3.25. The van der Waals surface area contributed by atoms with Crippen LogP contribution < -0.4 is 9.47 Å². The highest BCUT2D eigenvalue weighted by atomic mass is 16.6. The van der Waals surface area contributed by atoms with E-state index in [-0.39, 0.29) is 5.75 Å². The van der Waals surface area contributed by atoms with Gasteiger partial charge in [0.15, 0.2) is 11.5 Å². The molecule has 0 spiro atoms. The summed E-state index contributed by atoms with van der Waals surface area (Å²) in [5, 5.41) is 11.3. The highest BCUT2D eigenvalue weighted by molar-refractivity contribution is 5.98. The van der Waals surface area contributed by atoms with Crippen LogP contribution in [0.1, 0.15) is 0 Å². The zero-order valence-electron chi connectivity index (χ0n) is 13.9. The van der Waals surface area contributed by atoms with E-state index < -0.39 is 17.7 Å². The van der Waals surface area contributed by atoms with Gasteiger partial charge in [0.05, 0.1) is 6.08 Å². The lowest BCUT2D eigenvalue weighted by Gasteiger charge is -2.03. The number of hydrogen-bond donors (Lipinski definition) is 3. The van der Waals surface area contributed by atoms with Crippen LogP contribution in [0.2, 0.25) is 0 Å². The molecule has 0 fully saturated rings. The molecule has 0 unspecified atom stereocenters. The third-order valence-corrected chi connectivity index (χ3v) is 3.98. The van der Waals surface area contributed by atoms with Crippen LogP contribution in [-0.4, -0.2) is 27.0 Å². The number of ether oxygens (including phenoxy) is 2. The van der Waals surface area contributed by atoms with Crippen LogP contribution in [0.4, 0.5) is 0 Å². The first-order valence-electron chi connectivity index (χ1n) is 8.09. The van der Waals surface area contributed by atoms with E-state index in [4.69, 9.17) is 9.47 Å². The second kappa shape index (κ2) is 6.72. The maximum absolute atomic E-state index is 12.0. The van der Waals surface area contributed by atoms with Gasteiger partial charge in [0, 0.05) is 34.2 Å². The topological polar surface area (TPSA) is 104 Å². The lowest BCUT2D eigenvalue weighted by molar-refractivity contribution is -0.134. The molecule has 3 N–H and O–H groups in total. The van der Waals surface area contributed by atoms with E-state index in [9.17, 15) is 14.7 Å². The van der Waals surface area contributed by atoms with Gasteiger partial charge in [-0.05, 0) is 24.3 Å². The molecule has 0 amide bonds. The number of H-pyrrole nitrogens is 2. The van der Waals surface area contributed by atoms with Gasteiger partial charge in [0.1, 0.15) is 0 Å². The minimum Gasteiger partial charge on any atom is -0.502 e. The van der Waals surface area contributed by atoms with Crippen LogP contribution in [0.3, 0.4) is 0 Å². The summed E-state index contributed by atoms with van der Waals surface area (Å²) in [7, 11) is 0. The number of aromatic nitrogens is 2. The molecule has 0 atom stereocenters. The number of aliphatic hydroxyl groups is 1. The van der Waals surface area contributed by atoms with E-state index in [2.05, 4.69) is 9.97 Å². The van der Waals surface area contributed by atoms with Gasteiger partial charge in [0.25, 0.3) is 0 Å². The van der Waals surface area contributed by atoms with E-state index in [1.807, 2.05) is 24.3 Å². The fourth-order valence-electron chi connectivity index (χ4n) is 2.72. The molecule has 2 heterocycles. The van der Waals surface area contributed by atoms with Crippen LogP contribution in [0.5, 0.6) is 11.5 Å². The molecule has 0 aliphatic rings. The largest absolute Gasteiger partial charge is 0.502 e. The van der Waals surface area contributed by atoms with Gasteiger partial charge < -0.3 is 24.5 Å². The van der Waals surface area contributed by atoms with E-state index in [0.29, 0.717) is 22.6 Å². The molecule has 2 aromatic carbocycles. The SMILES string of the molecule is O=C(/C=C(\O)C(=O)Oc1c[nH]c2ccccc12)Oc1c[nH]c2ccccc12. The Morgan fingerprint density at radius 3 is 1.93 bits per heavy atom. The number of aliphatic hydroxyl groups excluding tert-OH is 1. The Morgan fingerprint density at radius 1 is 0.815 bits per heavy atom. The van der Waals surface area contributed by atoms with Crippen molar-refractivity contribution in [1.29, 1.82) is 0 Å². The summed E-state index contributed by atoms with van der Waals surface area (Å²) in [5.74, 6) is -2.26. The Morgan fingerprint density at radius 2 is 1.33 bits per heavy atom. The predicted octanol–water partition coefficient (Wildman–Crippen LogP) is 3.60. The maximum atomic E-state index is 12.0. The number of carbonyl (C=O) groups excluding carboxylic acids is 2. The molecule has 7 nitrogen and oxygen atoms in total. The molecule has 0 bridgehead atoms. The quantitative estimate of drug-likeness (QED) is 0.292. The number of para-hydroxylation sites is 2.